The molecule has 0 spiro atoms. The molecule has 0 aromatic heterocycles. The Hall–Kier alpha value is -1.59. The summed E-state index contributed by atoms with van der Waals surface area (Å²) in [5.41, 5.74) is 6.83. The van der Waals surface area contributed by atoms with Crippen molar-refractivity contribution in [2.24, 2.45) is 11.7 Å². The molecule has 1 aromatic carbocycles. The number of nitrogens with zero attached hydrogens (tertiary/aromatic N) is 1. The molecule has 3 unspecified atom stereocenters. The fourth-order valence-electron chi connectivity index (χ4n) is 2.62. The van der Waals surface area contributed by atoms with E-state index in [4.69, 9.17) is 10.5 Å². The Morgan fingerprint density at radius 2 is 2.30 bits per heavy atom. The zero-order chi connectivity index (χ0) is 14.7. The lowest BCUT2D eigenvalue weighted by molar-refractivity contribution is -0.137. The van der Waals surface area contributed by atoms with E-state index in [9.17, 15) is 9.90 Å². The fourth-order valence-corrected chi connectivity index (χ4v) is 2.62. The molecular weight excluding hydrogens is 256 g/mol. The number of amides is 1. The molecule has 1 saturated heterocycles. The fraction of sp³-hybridized carbons (Fsp3) is 0.533. The zero-order valence-corrected chi connectivity index (χ0v) is 12.0. The number of rotatable bonds is 4. The molecule has 1 amide bonds. The van der Waals surface area contributed by atoms with E-state index in [1.54, 1.807) is 23.1 Å². The van der Waals surface area contributed by atoms with Crippen molar-refractivity contribution in [1.29, 1.82) is 0 Å². The third kappa shape index (κ3) is 2.94. The van der Waals surface area contributed by atoms with E-state index in [1.807, 2.05) is 19.9 Å². The van der Waals surface area contributed by atoms with Gasteiger partial charge < -0.3 is 20.5 Å². The quantitative estimate of drug-likeness (QED) is 0.870. The summed E-state index contributed by atoms with van der Waals surface area (Å²) in [4.78, 5) is 14.4. The first-order valence-corrected chi connectivity index (χ1v) is 6.97. The van der Waals surface area contributed by atoms with Crippen LogP contribution in [-0.2, 0) is 9.53 Å². The van der Waals surface area contributed by atoms with E-state index in [2.05, 4.69) is 0 Å². The smallest absolute Gasteiger partial charge is 0.230 e. The third-order valence-electron chi connectivity index (χ3n) is 3.89. The van der Waals surface area contributed by atoms with Crippen LogP contribution in [0.3, 0.4) is 0 Å². The zero-order valence-electron chi connectivity index (χ0n) is 12.0. The number of phenols is 1. The summed E-state index contributed by atoms with van der Waals surface area (Å²) in [5.74, 6) is -0.0400. The number of benzene rings is 1. The summed E-state index contributed by atoms with van der Waals surface area (Å²) >= 11 is 0. The Bertz CT molecular complexity index is 478. The number of hydrogen-bond acceptors (Lipinski definition) is 4. The van der Waals surface area contributed by atoms with E-state index >= 15 is 0 Å². The standard InChI is InChI=1S/C15H22N2O3/c1-3-17(15(19)13-8-20-9-14(13)16)10(2)11-5-4-6-12(18)7-11/h4-7,10,13-14,18H,3,8-9,16H2,1-2H3. The molecule has 1 aliphatic heterocycles. The molecule has 5 nitrogen and oxygen atoms in total. The second-order valence-electron chi connectivity index (χ2n) is 5.20. The van der Waals surface area contributed by atoms with E-state index < -0.39 is 0 Å². The highest BCUT2D eigenvalue weighted by Crippen LogP contribution is 2.26. The SMILES string of the molecule is CCN(C(=O)C1COCC1N)C(C)c1cccc(O)c1. The van der Waals surface area contributed by atoms with Gasteiger partial charge >= 0.3 is 0 Å². The molecule has 1 aliphatic rings. The van der Waals surface area contributed by atoms with Crippen molar-refractivity contribution in [1.82, 2.24) is 4.90 Å². The Labute approximate surface area is 119 Å². The van der Waals surface area contributed by atoms with Gasteiger partial charge in [0.25, 0.3) is 0 Å². The minimum absolute atomic E-state index is 0.0216. The number of ether oxygens (including phenoxy) is 1. The van der Waals surface area contributed by atoms with Crippen LogP contribution in [0.15, 0.2) is 24.3 Å². The van der Waals surface area contributed by atoms with Gasteiger partial charge in [-0.25, -0.2) is 0 Å². The van der Waals surface area contributed by atoms with Gasteiger partial charge in [-0.1, -0.05) is 12.1 Å². The maximum atomic E-state index is 12.6. The van der Waals surface area contributed by atoms with Gasteiger partial charge in [-0.3, -0.25) is 4.79 Å². The molecule has 3 N–H and O–H groups in total. The van der Waals surface area contributed by atoms with Gasteiger partial charge in [0.15, 0.2) is 0 Å². The van der Waals surface area contributed by atoms with Crippen LogP contribution < -0.4 is 5.73 Å². The van der Waals surface area contributed by atoms with Gasteiger partial charge in [0.05, 0.1) is 25.2 Å². The summed E-state index contributed by atoms with van der Waals surface area (Å²) in [6.07, 6.45) is 0. The summed E-state index contributed by atoms with van der Waals surface area (Å²) in [6, 6.07) is 6.66. The van der Waals surface area contributed by atoms with Crippen molar-refractivity contribution >= 4 is 5.91 Å². The summed E-state index contributed by atoms with van der Waals surface area (Å²) in [6.45, 7) is 5.33. The predicted molar refractivity (Wildman–Crippen MR) is 76.2 cm³/mol. The van der Waals surface area contributed by atoms with E-state index in [-0.39, 0.29) is 29.7 Å². The van der Waals surface area contributed by atoms with Crippen molar-refractivity contribution in [2.75, 3.05) is 19.8 Å². The van der Waals surface area contributed by atoms with Crippen LogP contribution in [0.4, 0.5) is 0 Å². The lowest BCUT2D eigenvalue weighted by atomic mass is 10.00. The number of hydrogen-bond donors (Lipinski definition) is 2. The van der Waals surface area contributed by atoms with Crippen molar-refractivity contribution in [2.45, 2.75) is 25.9 Å². The molecule has 110 valence electrons. The lowest BCUT2D eigenvalue weighted by Gasteiger charge is -2.31. The highest BCUT2D eigenvalue weighted by molar-refractivity contribution is 5.80. The van der Waals surface area contributed by atoms with E-state index in [0.29, 0.717) is 19.8 Å². The predicted octanol–water partition coefficient (Wildman–Crippen LogP) is 1.28. The normalized spacial score (nSPS) is 23.6. The first kappa shape index (κ1) is 14.8. The number of nitrogens with two attached hydrogens (primary N) is 1. The number of carbonyl (C=O) groups is 1. The number of aromatic hydroxyl groups is 1. The average Bonchev–Trinajstić information content (AvgIpc) is 2.85. The maximum absolute atomic E-state index is 12.6. The van der Waals surface area contributed by atoms with Crippen molar-refractivity contribution in [3.63, 3.8) is 0 Å². The summed E-state index contributed by atoms with van der Waals surface area (Å²) in [5, 5.41) is 9.57. The van der Waals surface area contributed by atoms with Gasteiger partial charge in [0, 0.05) is 12.6 Å². The third-order valence-corrected chi connectivity index (χ3v) is 3.89. The topological polar surface area (TPSA) is 75.8 Å². The number of carbonyl (C=O) groups excluding carboxylic acids is 1. The molecule has 0 saturated carbocycles. The molecular formula is C15H22N2O3. The molecule has 2 rings (SSSR count). The largest absolute Gasteiger partial charge is 0.508 e. The van der Waals surface area contributed by atoms with Gasteiger partial charge in [-0.15, -0.1) is 0 Å². The Kier molecular flexibility index (Phi) is 4.62. The second kappa shape index (κ2) is 6.24. The first-order chi connectivity index (χ1) is 9.54. The molecule has 0 aliphatic carbocycles. The molecule has 20 heavy (non-hydrogen) atoms. The molecule has 0 radical (unpaired) electrons. The van der Waals surface area contributed by atoms with Crippen LogP contribution in [0.25, 0.3) is 0 Å². The van der Waals surface area contributed by atoms with Gasteiger partial charge in [-0.2, -0.15) is 0 Å². The van der Waals surface area contributed by atoms with Crippen LogP contribution in [-0.4, -0.2) is 41.7 Å². The lowest BCUT2D eigenvalue weighted by Crippen LogP contribution is -2.44. The Morgan fingerprint density at radius 1 is 1.55 bits per heavy atom. The highest BCUT2D eigenvalue weighted by atomic mass is 16.5. The molecule has 5 heteroatoms. The molecule has 3 atom stereocenters. The average molecular weight is 278 g/mol. The van der Waals surface area contributed by atoms with Crippen molar-refractivity contribution in [3.8, 4) is 5.75 Å². The molecule has 1 heterocycles. The second-order valence-corrected chi connectivity index (χ2v) is 5.20. The van der Waals surface area contributed by atoms with Crippen LogP contribution in [0, 0.1) is 5.92 Å². The summed E-state index contributed by atoms with van der Waals surface area (Å²) < 4.78 is 5.28. The minimum Gasteiger partial charge on any atom is -0.508 e. The van der Waals surface area contributed by atoms with Gasteiger partial charge in [-0.05, 0) is 31.5 Å². The van der Waals surface area contributed by atoms with Crippen LogP contribution >= 0.6 is 0 Å². The minimum atomic E-state index is -0.269. The monoisotopic (exact) mass is 278 g/mol. The summed E-state index contributed by atoms with van der Waals surface area (Å²) in [7, 11) is 0. The first-order valence-electron chi connectivity index (χ1n) is 6.97. The van der Waals surface area contributed by atoms with Crippen LogP contribution in [0.5, 0.6) is 5.75 Å². The Balaban J connectivity index is 2.16. The number of phenolic OH excluding ortho intramolecular Hbond substituents is 1. The molecule has 1 fully saturated rings. The van der Waals surface area contributed by atoms with Crippen LogP contribution in [0.2, 0.25) is 0 Å². The molecule has 0 bridgehead atoms. The molecule has 1 aromatic rings. The van der Waals surface area contributed by atoms with Gasteiger partial charge in [0.1, 0.15) is 5.75 Å². The van der Waals surface area contributed by atoms with E-state index in [0.717, 1.165) is 5.56 Å². The maximum Gasteiger partial charge on any atom is 0.230 e. The van der Waals surface area contributed by atoms with Gasteiger partial charge in [0.2, 0.25) is 5.91 Å². The van der Waals surface area contributed by atoms with E-state index in [1.165, 1.54) is 0 Å². The van der Waals surface area contributed by atoms with Crippen molar-refractivity contribution < 1.29 is 14.6 Å². The van der Waals surface area contributed by atoms with Crippen LogP contribution in [0.1, 0.15) is 25.5 Å². The highest BCUT2D eigenvalue weighted by Gasteiger charge is 2.35. The Morgan fingerprint density at radius 3 is 2.85 bits per heavy atom. The van der Waals surface area contributed by atoms with Crippen molar-refractivity contribution in [3.05, 3.63) is 29.8 Å².